The minimum atomic E-state index is -0.202. The lowest BCUT2D eigenvalue weighted by Gasteiger charge is -2.22. The first kappa shape index (κ1) is 14.7. The molecule has 0 aliphatic carbocycles. The van der Waals surface area contributed by atoms with Crippen molar-refractivity contribution in [3.8, 4) is 0 Å². The smallest absolute Gasteiger partial charge is 0.123 e. The average molecular weight is 329 g/mol. The zero-order valence-electron chi connectivity index (χ0n) is 12.9. The van der Waals surface area contributed by atoms with Crippen molar-refractivity contribution < 1.29 is 4.39 Å². The highest BCUT2D eigenvalue weighted by Gasteiger charge is 2.23. The van der Waals surface area contributed by atoms with E-state index in [1.54, 1.807) is 0 Å². The summed E-state index contributed by atoms with van der Waals surface area (Å²) in [5.41, 5.74) is 4.96. The fourth-order valence-corrected chi connectivity index (χ4v) is 3.65. The van der Waals surface area contributed by atoms with Crippen LogP contribution in [0.1, 0.15) is 23.7 Å². The fourth-order valence-electron chi connectivity index (χ4n) is 3.48. The van der Waals surface area contributed by atoms with Crippen LogP contribution in [0.15, 0.2) is 42.5 Å². The molecule has 0 saturated heterocycles. The maximum Gasteiger partial charge on any atom is 0.123 e. The van der Waals surface area contributed by atoms with Crippen molar-refractivity contribution in [2.75, 3.05) is 0 Å². The molecule has 4 rings (SSSR count). The van der Waals surface area contributed by atoms with Crippen molar-refractivity contribution in [3.63, 3.8) is 0 Å². The minimum absolute atomic E-state index is 0.202. The monoisotopic (exact) mass is 328 g/mol. The second-order valence-corrected chi connectivity index (χ2v) is 6.72. The van der Waals surface area contributed by atoms with Gasteiger partial charge in [0.1, 0.15) is 5.82 Å². The largest absolute Gasteiger partial charge is 0.339 e. The van der Waals surface area contributed by atoms with E-state index in [4.69, 9.17) is 11.6 Å². The predicted molar refractivity (Wildman–Crippen MR) is 92.5 cm³/mol. The Morgan fingerprint density at radius 3 is 2.78 bits per heavy atom. The minimum Gasteiger partial charge on any atom is -0.339 e. The Hall–Kier alpha value is -1.84. The van der Waals surface area contributed by atoms with Crippen LogP contribution >= 0.6 is 11.6 Å². The van der Waals surface area contributed by atoms with Crippen molar-refractivity contribution in [2.45, 2.75) is 32.5 Å². The molecular weight excluding hydrogens is 311 g/mol. The lowest BCUT2D eigenvalue weighted by atomic mass is 10.00. The van der Waals surface area contributed by atoms with Gasteiger partial charge in [-0.3, -0.25) is 0 Å². The van der Waals surface area contributed by atoms with E-state index in [-0.39, 0.29) is 5.82 Å². The van der Waals surface area contributed by atoms with Crippen molar-refractivity contribution >= 4 is 22.5 Å². The summed E-state index contributed by atoms with van der Waals surface area (Å²) in [7, 11) is 0. The Balaban J connectivity index is 1.87. The van der Waals surface area contributed by atoms with Gasteiger partial charge in [0.05, 0.1) is 5.52 Å². The van der Waals surface area contributed by atoms with Crippen LogP contribution in [0.25, 0.3) is 10.9 Å². The summed E-state index contributed by atoms with van der Waals surface area (Å²) in [5.74, 6) is -0.202. The number of benzene rings is 2. The van der Waals surface area contributed by atoms with Gasteiger partial charge in [0.25, 0.3) is 0 Å². The van der Waals surface area contributed by atoms with Crippen molar-refractivity contribution in [3.05, 3.63) is 70.1 Å². The molecule has 1 N–H and O–H groups in total. The maximum absolute atomic E-state index is 13.2. The summed E-state index contributed by atoms with van der Waals surface area (Å²) in [6.07, 6.45) is 1.02. The highest BCUT2D eigenvalue weighted by atomic mass is 35.5. The van der Waals surface area contributed by atoms with Crippen molar-refractivity contribution in [1.82, 2.24) is 9.88 Å². The molecule has 0 spiro atoms. The SMILES string of the molecule is CC1Cc2c(n(Cc3ccc(F)cc3)c3cc(Cl)ccc23)CN1. The molecule has 0 amide bonds. The highest BCUT2D eigenvalue weighted by molar-refractivity contribution is 6.31. The summed E-state index contributed by atoms with van der Waals surface area (Å²) in [6, 6.07) is 13.3. The van der Waals surface area contributed by atoms with Crippen molar-refractivity contribution in [1.29, 1.82) is 0 Å². The van der Waals surface area contributed by atoms with Gasteiger partial charge in [0, 0.05) is 35.2 Å². The lowest BCUT2D eigenvalue weighted by Crippen LogP contribution is -2.33. The molecule has 0 fully saturated rings. The van der Waals surface area contributed by atoms with E-state index in [0.717, 1.165) is 35.6 Å². The standard InChI is InChI=1S/C19H18ClFN2/c1-12-8-17-16-7-4-14(20)9-18(16)23(19(17)10-22-12)11-13-2-5-15(21)6-3-13/h2-7,9,12,22H,8,10-11H2,1H3. The van der Waals surface area contributed by atoms with Crippen LogP contribution in [0, 0.1) is 5.82 Å². The van der Waals surface area contributed by atoms with Gasteiger partial charge in [-0.2, -0.15) is 0 Å². The molecule has 2 aromatic carbocycles. The number of nitrogens with zero attached hydrogens (tertiary/aromatic N) is 1. The second kappa shape index (κ2) is 5.66. The van der Waals surface area contributed by atoms with E-state index in [1.165, 1.54) is 28.8 Å². The molecule has 2 nitrogen and oxygen atoms in total. The molecule has 0 radical (unpaired) electrons. The van der Waals surface area contributed by atoms with E-state index in [2.05, 4.69) is 22.9 Å². The zero-order valence-corrected chi connectivity index (χ0v) is 13.7. The third kappa shape index (κ3) is 2.64. The van der Waals surface area contributed by atoms with Gasteiger partial charge in [0.2, 0.25) is 0 Å². The quantitative estimate of drug-likeness (QED) is 0.732. The summed E-state index contributed by atoms with van der Waals surface area (Å²) in [5, 5.41) is 5.56. The van der Waals surface area contributed by atoms with Crippen molar-refractivity contribution in [2.24, 2.45) is 0 Å². The van der Waals surface area contributed by atoms with Crippen LogP contribution in [-0.4, -0.2) is 10.6 Å². The normalized spacial score (nSPS) is 17.4. The molecule has 2 heterocycles. The summed E-state index contributed by atoms with van der Waals surface area (Å²) < 4.78 is 15.5. The average Bonchev–Trinajstić information content (AvgIpc) is 2.82. The Kier molecular flexibility index (Phi) is 3.63. The first-order chi connectivity index (χ1) is 11.1. The molecule has 1 unspecified atom stereocenters. The number of halogens is 2. The Morgan fingerprint density at radius 2 is 2.00 bits per heavy atom. The van der Waals surface area contributed by atoms with Gasteiger partial charge in [-0.15, -0.1) is 0 Å². The molecule has 1 aliphatic heterocycles. The number of hydrogen-bond acceptors (Lipinski definition) is 1. The molecule has 1 aliphatic rings. The molecule has 3 aromatic rings. The zero-order chi connectivity index (χ0) is 16.0. The van der Waals surface area contributed by atoms with Gasteiger partial charge in [0.15, 0.2) is 0 Å². The van der Waals surface area contributed by atoms with E-state index < -0.39 is 0 Å². The van der Waals surface area contributed by atoms with Crippen LogP contribution in [-0.2, 0) is 19.5 Å². The van der Waals surface area contributed by atoms with Gasteiger partial charge in [-0.1, -0.05) is 29.8 Å². The first-order valence-corrected chi connectivity index (χ1v) is 8.27. The van der Waals surface area contributed by atoms with Gasteiger partial charge in [-0.05, 0) is 48.7 Å². The molecule has 0 bridgehead atoms. The topological polar surface area (TPSA) is 17.0 Å². The van der Waals surface area contributed by atoms with E-state index >= 15 is 0 Å². The predicted octanol–water partition coefficient (Wildman–Crippen LogP) is 4.52. The number of rotatable bonds is 2. The number of fused-ring (bicyclic) bond motifs is 3. The number of hydrogen-bond donors (Lipinski definition) is 1. The Labute approximate surface area is 139 Å². The van der Waals surface area contributed by atoms with E-state index in [0.29, 0.717) is 6.04 Å². The molecule has 118 valence electrons. The van der Waals surface area contributed by atoms with Gasteiger partial charge in [-0.25, -0.2) is 4.39 Å². The highest BCUT2D eigenvalue weighted by Crippen LogP contribution is 2.32. The molecule has 0 saturated carbocycles. The molecule has 1 atom stereocenters. The molecule has 4 heteroatoms. The Bertz CT molecular complexity index is 867. The van der Waals surface area contributed by atoms with Crippen LogP contribution in [0.4, 0.5) is 4.39 Å². The Morgan fingerprint density at radius 1 is 1.22 bits per heavy atom. The third-order valence-corrected chi connectivity index (χ3v) is 4.87. The van der Waals surface area contributed by atoms with Crippen LogP contribution in [0.5, 0.6) is 0 Å². The fraction of sp³-hybridized carbons (Fsp3) is 0.263. The third-order valence-electron chi connectivity index (χ3n) is 4.63. The molecule has 23 heavy (non-hydrogen) atoms. The van der Waals surface area contributed by atoms with E-state index in [9.17, 15) is 4.39 Å². The summed E-state index contributed by atoms with van der Waals surface area (Å²) >= 11 is 6.23. The molecular formula is C19H18ClFN2. The van der Waals surface area contributed by atoms with Crippen LogP contribution in [0.3, 0.4) is 0 Å². The lowest BCUT2D eigenvalue weighted by molar-refractivity contribution is 0.497. The number of nitrogens with one attached hydrogen (secondary N) is 1. The molecule has 1 aromatic heterocycles. The van der Waals surface area contributed by atoms with Gasteiger partial charge < -0.3 is 9.88 Å². The van der Waals surface area contributed by atoms with E-state index in [1.807, 2.05) is 24.3 Å². The summed E-state index contributed by atoms with van der Waals surface area (Å²) in [4.78, 5) is 0. The maximum atomic E-state index is 13.2. The summed E-state index contributed by atoms with van der Waals surface area (Å²) in [6.45, 7) is 3.79. The second-order valence-electron chi connectivity index (χ2n) is 6.29. The van der Waals surface area contributed by atoms with Crippen LogP contribution < -0.4 is 5.32 Å². The number of aromatic nitrogens is 1. The van der Waals surface area contributed by atoms with Gasteiger partial charge >= 0.3 is 0 Å². The first-order valence-electron chi connectivity index (χ1n) is 7.89. The van der Waals surface area contributed by atoms with Crippen LogP contribution in [0.2, 0.25) is 5.02 Å².